The Balaban J connectivity index is 2.90. The van der Waals surface area contributed by atoms with Crippen LogP contribution >= 0.6 is 0 Å². The van der Waals surface area contributed by atoms with Crippen molar-refractivity contribution >= 4 is 25.3 Å². The van der Waals surface area contributed by atoms with Gasteiger partial charge < -0.3 is 14.8 Å². The molecule has 1 amide bonds. The van der Waals surface area contributed by atoms with Gasteiger partial charge in [-0.15, -0.1) is 6.58 Å². The molecular formula is C21H33NO4Si. The summed E-state index contributed by atoms with van der Waals surface area (Å²) < 4.78 is 10.4. The molecule has 1 N–H and O–H groups in total. The fraction of sp³-hybridized carbons (Fsp3) is 0.524. The Labute approximate surface area is 164 Å². The summed E-state index contributed by atoms with van der Waals surface area (Å²) in [5.41, 5.74) is 0.322. The molecule has 1 atom stereocenters. The standard InChI is InChI=1S/C21H33NO4Si/c1-8-14-27(6,7)17-12-10-16(11-13-17)15-18(19(23)25-9-2)22-20(24)26-21(3,4)5/h8,10-13,18H,1,9,14-15H2,2-7H3,(H,22,24)/t18-/m0/s1. The molecule has 1 aromatic rings. The highest BCUT2D eigenvalue weighted by atomic mass is 28.3. The number of hydrogen-bond donors (Lipinski definition) is 1. The van der Waals surface area contributed by atoms with Gasteiger partial charge in [-0.1, -0.05) is 48.6 Å². The van der Waals surface area contributed by atoms with Gasteiger partial charge in [0, 0.05) is 6.42 Å². The summed E-state index contributed by atoms with van der Waals surface area (Å²) in [6.07, 6.45) is 1.69. The average molecular weight is 392 g/mol. The van der Waals surface area contributed by atoms with Crippen LogP contribution in [0.4, 0.5) is 4.79 Å². The van der Waals surface area contributed by atoms with Crippen molar-refractivity contribution in [2.24, 2.45) is 0 Å². The number of carbonyl (C=O) groups is 2. The monoisotopic (exact) mass is 391 g/mol. The van der Waals surface area contributed by atoms with E-state index in [4.69, 9.17) is 9.47 Å². The van der Waals surface area contributed by atoms with Crippen LogP contribution in [0.5, 0.6) is 0 Å². The van der Waals surface area contributed by atoms with Gasteiger partial charge >= 0.3 is 12.1 Å². The van der Waals surface area contributed by atoms with Crippen LogP contribution < -0.4 is 10.5 Å². The Bertz CT molecular complexity index is 647. The predicted molar refractivity (Wildman–Crippen MR) is 112 cm³/mol. The van der Waals surface area contributed by atoms with E-state index < -0.39 is 31.8 Å². The summed E-state index contributed by atoms with van der Waals surface area (Å²) in [4.78, 5) is 24.3. The minimum absolute atomic E-state index is 0.256. The Morgan fingerprint density at radius 3 is 2.30 bits per heavy atom. The molecule has 1 aromatic carbocycles. The number of nitrogens with one attached hydrogen (secondary N) is 1. The molecule has 150 valence electrons. The van der Waals surface area contributed by atoms with Gasteiger partial charge in [0.1, 0.15) is 11.6 Å². The SMILES string of the molecule is C=CC[Si](C)(C)c1ccc(C[C@H](NC(=O)OC(C)(C)C)C(=O)OCC)cc1. The number of hydrogen-bond acceptors (Lipinski definition) is 4. The summed E-state index contributed by atoms with van der Waals surface area (Å²) in [5.74, 6) is -0.464. The fourth-order valence-electron chi connectivity index (χ4n) is 2.69. The molecule has 5 nitrogen and oxygen atoms in total. The molecule has 0 heterocycles. The van der Waals surface area contributed by atoms with E-state index in [0.717, 1.165) is 11.6 Å². The molecule has 0 aromatic heterocycles. The summed E-state index contributed by atoms with van der Waals surface area (Å²) in [5, 5.41) is 3.96. The van der Waals surface area contributed by atoms with Gasteiger partial charge in [0.2, 0.25) is 0 Å². The maximum atomic E-state index is 12.3. The number of amides is 1. The van der Waals surface area contributed by atoms with Gasteiger partial charge in [-0.05, 0) is 39.3 Å². The third kappa shape index (κ3) is 7.99. The molecule has 0 unspecified atom stereocenters. The normalized spacial score (nSPS) is 12.8. The highest BCUT2D eigenvalue weighted by Crippen LogP contribution is 2.13. The van der Waals surface area contributed by atoms with Gasteiger partial charge in [-0.3, -0.25) is 0 Å². The lowest BCUT2D eigenvalue weighted by Crippen LogP contribution is -2.45. The van der Waals surface area contributed by atoms with Crippen LogP contribution in [0, 0.1) is 0 Å². The topological polar surface area (TPSA) is 64.6 Å². The number of alkyl carbamates (subject to hydrolysis) is 1. The third-order valence-corrected chi connectivity index (χ3v) is 7.30. The summed E-state index contributed by atoms with van der Waals surface area (Å²) >= 11 is 0. The molecule has 1 rings (SSSR count). The lowest BCUT2D eigenvalue weighted by molar-refractivity contribution is -0.145. The number of rotatable bonds is 8. The largest absolute Gasteiger partial charge is 0.464 e. The van der Waals surface area contributed by atoms with E-state index in [1.807, 2.05) is 18.2 Å². The molecule has 0 aliphatic heterocycles. The zero-order chi connectivity index (χ0) is 20.7. The molecule has 0 saturated heterocycles. The van der Waals surface area contributed by atoms with Crippen LogP contribution in [0.15, 0.2) is 36.9 Å². The van der Waals surface area contributed by atoms with E-state index >= 15 is 0 Å². The van der Waals surface area contributed by atoms with Crippen molar-refractivity contribution in [3.8, 4) is 0 Å². The van der Waals surface area contributed by atoms with E-state index in [1.54, 1.807) is 27.7 Å². The maximum absolute atomic E-state index is 12.3. The Morgan fingerprint density at radius 2 is 1.81 bits per heavy atom. The quantitative estimate of drug-likeness (QED) is 0.416. The van der Waals surface area contributed by atoms with Crippen LogP contribution in [0.2, 0.25) is 19.1 Å². The minimum atomic E-state index is -1.53. The number of esters is 1. The average Bonchev–Trinajstić information content (AvgIpc) is 2.53. The van der Waals surface area contributed by atoms with Gasteiger partial charge in [-0.2, -0.15) is 0 Å². The Morgan fingerprint density at radius 1 is 1.22 bits per heavy atom. The third-order valence-electron chi connectivity index (χ3n) is 4.09. The van der Waals surface area contributed by atoms with E-state index in [2.05, 4.69) is 37.1 Å². The zero-order valence-corrected chi connectivity index (χ0v) is 18.4. The molecule has 6 heteroatoms. The van der Waals surface area contributed by atoms with Crippen molar-refractivity contribution in [2.45, 2.75) is 64.9 Å². The second kappa shape index (κ2) is 9.74. The number of benzene rings is 1. The first-order valence-corrected chi connectivity index (χ1v) is 12.6. The van der Waals surface area contributed by atoms with Gasteiger partial charge in [0.25, 0.3) is 0 Å². The van der Waals surface area contributed by atoms with Crippen molar-refractivity contribution in [1.29, 1.82) is 0 Å². The lowest BCUT2D eigenvalue weighted by Gasteiger charge is -2.23. The highest BCUT2D eigenvalue weighted by molar-refractivity contribution is 6.90. The lowest BCUT2D eigenvalue weighted by atomic mass is 10.1. The van der Waals surface area contributed by atoms with Gasteiger partial charge in [-0.25, -0.2) is 9.59 Å². The molecule has 0 saturated carbocycles. The summed E-state index contributed by atoms with van der Waals surface area (Å²) in [7, 11) is -1.53. The molecule has 0 aliphatic rings. The second-order valence-corrected chi connectivity index (χ2v) is 13.0. The van der Waals surface area contributed by atoms with E-state index in [-0.39, 0.29) is 6.61 Å². The minimum Gasteiger partial charge on any atom is -0.464 e. The van der Waals surface area contributed by atoms with Crippen LogP contribution in [0.3, 0.4) is 0 Å². The van der Waals surface area contributed by atoms with Crippen LogP contribution in [-0.4, -0.2) is 38.4 Å². The molecule has 0 radical (unpaired) electrons. The van der Waals surface area contributed by atoms with Crippen LogP contribution in [0.1, 0.15) is 33.3 Å². The second-order valence-electron chi connectivity index (χ2n) is 8.23. The van der Waals surface area contributed by atoms with Crippen molar-refractivity contribution in [2.75, 3.05) is 6.61 Å². The zero-order valence-electron chi connectivity index (χ0n) is 17.4. The Kier molecular flexibility index (Phi) is 8.28. The Hall–Kier alpha value is -2.08. The maximum Gasteiger partial charge on any atom is 0.408 e. The summed E-state index contributed by atoms with van der Waals surface area (Å²) in [6, 6.07) is 8.47. The molecule has 0 bridgehead atoms. The number of allylic oxidation sites excluding steroid dienone is 1. The van der Waals surface area contributed by atoms with Crippen molar-refractivity contribution < 1.29 is 19.1 Å². The van der Waals surface area contributed by atoms with Crippen molar-refractivity contribution in [3.63, 3.8) is 0 Å². The fourth-order valence-corrected chi connectivity index (χ4v) is 4.72. The van der Waals surface area contributed by atoms with Crippen molar-refractivity contribution in [1.82, 2.24) is 5.32 Å². The number of carbonyl (C=O) groups excluding carboxylic acids is 2. The first-order chi connectivity index (χ1) is 12.5. The highest BCUT2D eigenvalue weighted by Gasteiger charge is 2.26. The number of ether oxygens (including phenoxy) is 2. The molecule has 0 aliphatic carbocycles. The van der Waals surface area contributed by atoms with Crippen LogP contribution in [0.25, 0.3) is 0 Å². The van der Waals surface area contributed by atoms with Crippen LogP contribution in [-0.2, 0) is 20.7 Å². The molecule has 27 heavy (non-hydrogen) atoms. The molecule has 0 fully saturated rings. The van der Waals surface area contributed by atoms with Gasteiger partial charge in [0.15, 0.2) is 0 Å². The van der Waals surface area contributed by atoms with E-state index in [0.29, 0.717) is 6.42 Å². The summed E-state index contributed by atoms with van der Waals surface area (Å²) in [6.45, 7) is 15.8. The smallest absolute Gasteiger partial charge is 0.408 e. The first-order valence-electron chi connectivity index (χ1n) is 9.35. The van der Waals surface area contributed by atoms with Gasteiger partial charge in [0.05, 0.1) is 14.7 Å². The van der Waals surface area contributed by atoms with E-state index in [9.17, 15) is 9.59 Å². The predicted octanol–water partition coefficient (Wildman–Crippen LogP) is 3.79. The van der Waals surface area contributed by atoms with E-state index in [1.165, 1.54) is 5.19 Å². The first kappa shape index (κ1) is 23.0. The van der Waals surface area contributed by atoms with Crippen molar-refractivity contribution in [3.05, 3.63) is 42.5 Å². The molecule has 0 spiro atoms. The molecular weight excluding hydrogens is 358 g/mol.